The van der Waals surface area contributed by atoms with Crippen LogP contribution in [-0.4, -0.2) is 32.6 Å². The third-order valence-electron chi connectivity index (χ3n) is 6.17. The van der Waals surface area contributed by atoms with Crippen molar-refractivity contribution in [3.63, 3.8) is 0 Å². The minimum absolute atomic E-state index is 0.574. The molecule has 3 aromatic rings. The standard InChI is InChI=1S/C22H28N6/c1-16-15-28(18-7-3-4-8-18)21-19(16)14-24-22(26-21)25-17-9-10-20(23-13-17)27-11-5-2-6-12-27/h9-10,13-15,18H,2-8,11-12H2,1H3,(H,24,25,26). The van der Waals surface area contributed by atoms with Crippen molar-refractivity contribution >= 4 is 28.5 Å². The molecule has 1 aliphatic heterocycles. The molecule has 6 nitrogen and oxygen atoms in total. The Kier molecular flexibility index (Phi) is 4.63. The van der Waals surface area contributed by atoms with Gasteiger partial charge in [0.25, 0.3) is 0 Å². The summed E-state index contributed by atoms with van der Waals surface area (Å²) in [5.74, 6) is 1.70. The highest BCUT2D eigenvalue weighted by Gasteiger charge is 2.20. The van der Waals surface area contributed by atoms with Crippen molar-refractivity contribution in [3.05, 3.63) is 36.3 Å². The molecule has 0 atom stereocenters. The van der Waals surface area contributed by atoms with Gasteiger partial charge in [-0.25, -0.2) is 9.97 Å². The molecule has 3 aromatic heterocycles. The van der Waals surface area contributed by atoms with Crippen LogP contribution in [-0.2, 0) is 0 Å². The first-order valence-corrected chi connectivity index (χ1v) is 10.6. The second kappa shape index (κ2) is 7.41. The molecule has 2 fully saturated rings. The second-order valence-corrected chi connectivity index (χ2v) is 8.17. The van der Waals surface area contributed by atoms with Crippen LogP contribution in [0.5, 0.6) is 0 Å². The Labute approximate surface area is 166 Å². The molecule has 0 spiro atoms. The minimum atomic E-state index is 0.574. The zero-order valence-corrected chi connectivity index (χ0v) is 16.6. The lowest BCUT2D eigenvalue weighted by Crippen LogP contribution is -2.29. The average molecular weight is 377 g/mol. The molecule has 0 amide bonds. The van der Waals surface area contributed by atoms with Gasteiger partial charge in [0.15, 0.2) is 0 Å². The molecular weight excluding hydrogens is 348 g/mol. The fourth-order valence-electron chi connectivity index (χ4n) is 4.61. The van der Waals surface area contributed by atoms with Crippen molar-refractivity contribution in [2.75, 3.05) is 23.3 Å². The first-order valence-electron chi connectivity index (χ1n) is 10.6. The van der Waals surface area contributed by atoms with Crippen LogP contribution in [0.1, 0.15) is 56.6 Å². The van der Waals surface area contributed by atoms with Crippen LogP contribution in [0, 0.1) is 6.92 Å². The Morgan fingerprint density at radius 1 is 0.964 bits per heavy atom. The van der Waals surface area contributed by atoms with Gasteiger partial charge in [-0.15, -0.1) is 0 Å². The van der Waals surface area contributed by atoms with Gasteiger partial charge in [0.05, 0.1) is 11.9 Å². The summed E-state index contributed by atoms with van der Waals surface area (Å²) < 4.78 is 2.36. The lowest BCUT2D eigenvalue weighted by atomic mass is 10.1. The first kappa shape index (κ1) is 17.5. The predicted molar refractivity (Wildman–Crippen MR) is 113 cm³/mol. The van der Waals surface area contributed by atoms with E-state index < -0.39 is 0 Å². The molecule has 1 aliphatic carbocycles. The number of hydrogen-bond acceptors (Lipinski definition) is 5. The number of pyridine rings is 1. The highest BCUT2D eigenvalue weighted by Crippen LogP contribution is 2.33. The Bertz CT molecular complexity index is 949. The zero-order valence-electron chi connectivity index (χ0n) is 16.6. The molecule has 28 heavy (non-hydrogen) atoms. The van der Waals surface area contributed by atoms with Gasteiger partial charge >= 0.3 is 0 Å². The fraction of sp³-hybridized carbons (Fsp3) is 0.500. The second-order valence-electron chi connectivity index (χ2n) is 8.17. The number of piperidine rings is 1. The van der Waals surface area contributed by atoms with Crippen molar-refractivity contribution in [1.82, 2.24) is 19.5 Å². The molecule has 1 N–H and O–H groups in total. The maximum Gasteiger partial charge on any atom is 0.229 e. The third-order valence-corrected chi connectivity index (χ3v) is 6.17. The van der Waals surface area contributed by atoms with Crippen molar-refractivity contribution in [2.45, 2.75) is 57.9 Å². The highest BCUT2D eigenvalue weighted by atomic mass is 15.2. The average Bonchev–Trinajstić information content (AvgIpc) is 3.37. The lowest BCUT2D eigenvalue weighted by Gasteiger charge is -2.27. The minimum Gasteiger partial charge on any atom is -0.357 e. The number of aryl methyl sites for hydroxylation is 1. The number of fused-ring (bicyclic) bond motifs is 1. The van der Waals surface area contributed by atoms with Crippen molar-refractivity contribution < 1.29 is 0 Å². The summed E-state index contributed by atoms with van der Waals surface area (Å²) in [6, 6.07) is 4.74. The number of rotatable bonds is 4. The molecule has 5 rings (SSSR count). The van der Waals surface area contributed by atoms with Gasteiger partial charge in [-0.3, -0.25) is 0 Å². The van der Waals surface area contributed by atoms with Gasteiger partial charge in [0.2, 0.25) is 5.95 Å². The van der Waals surface area contributed by atoms with Gasteiger partial charge < -0.3 is 14.8 Å². The highest BCUT2D eigenvalue weighted by molar-refractivity contribution is 5.81. The van der Waals surface area contributed by atoms with Gasteiger partial charge in [-0.05, 0) is 56.7 Å². The largest absolute Gasteiger partial charge is 0.357 e. The van der Waals surface area contributed by atoms with E-state index in [0.717, 1.165) is 35.6 Å². The number of anilines is 3. The van der Waals surface area contributed by atoms with Crippen LogP contribution in [0.15, 0.2) is 30.7 Å². The van der Waals surface area contributed by atoms with Crippen LogP contribution in [0.2, 0.25) is 0 Å². The van der Waals surface area contributed by atoms with Gasteiger partial charge in [-0.1, -0.05) is 12.8 Å². The molecule has 0 aromatic carbocycles. The molecule has 146 valence electrons. The third kappa shape index (κ3) is 3.32. The van der Waals surface area contributed by atoms with Gasteiger partial charge in [0.1, 0.15) is 11.5 Å². The SMILES string of the molecule is Cc1cn(C2CCCC2)c2nc(Nc3ccc(N4CCCCC4)nc3)ncc12. The van der Waals surface area contributed by atoms with Crippen LogP contribution in [0.3, 0.4) is 0 Å². The summed E-state index contributed by atoms with van der Waals surface area (Å²) in [7, 11) is 0. The maximum atomic E-state index is 4.85. The van der Waals surface area contributed by atoms with Crippen LogP contribution < -0.4 is 10.2 Å². The number of hydrogen-bond donors (Lipinski definition) is 1. The molecule has 1 saturated heterocycles. The Morgan fingerprint density at radius 3 is 2.54 bits per heavy atom. The quantitative estimate of drug-likeness (QED) is 0.695. The van der Waals surface area contributed by atoms with E-state index in [9.17, 15) is 0 Å². The van der Waals surface area contributed by atoms with Gasteiger partial charge in [0, 0.05) is 36.9 Å². The number of nitrogens with zero attached hydrogens (tertiary/aromatic N) is 5. The molecule has 4 heterocycles. The fourth-order valence-corrected chi connectivity index (χ4v) is 4.61. The summed E-state index contributed by atoms with van der Waals surface area (Å²) in [4.78, 5) is 16.4. The van der Waals surface area contributed by atoms with Gasteiger partial charge in [-0.2, -0.15) is 4.98 Å². The predicted octanol–water partition coefficient (Wildman–Crippen LogP) is 4.98. The molecule has 6 heteroatoms. The molecule has 2 aliphatic rings. The maximum absolute atomic E-state index is 4.85. The zero-order chi connectivity index (χ0) is 18.9. The Hall–Kier alpha value is -2.63. The topological polar surface area (TPSA) is 58.9 Å². The summed E-state index contributed by atoms with van der Waals surface area (Å²) in [6.45, 7) is 4.36. The summed E-state index contributed by atoms with van der Waals surface area (Å²) >= 11 is 0. The van der Waals surface area contributed by atoms with E-state index in [1.54, 1.807) is 0 Å². The lowest BCUT2D eigenvalue weighted by molar-refractivity contribution is 0.532. The van der Waals surface area contributed by atoms with E-state index >= 15 is 0 Å². The summed E-state index contributed by atoms with van der Waals surface area (Å²) in [6.07, 6.45) is 15.1. The smallest absolute Gasteiger partial charge is 0.229 e. The molecule has 0 unspecified atom stereocenters. The molecular formula is C22H28N6. The number of nitrogens with one attached hydrogen (secondary N) is 1. The van der Waals surface area contributed by atoms with E-state index in [1.807, 2.05) is 12.4 Å². The monoisotopic (exact) mass is 376 g/mol. The Morgan fingerprint density at radius 2 is 1.79 bits per heavy atom. The summed E-state index contributed by atoms with van der Waals surface area (Å²) in [5.41, 5.74) is 3.22. The van der Waals surface area contributed by atoms with Crippen LogP contribution in [0.25, 0.3) is 11.0 Å². The van der Waals surface area contributed by atoms with Crippen molar-refractivity contribution in [1.29, 1.82) is 0 Å². The number of aromatic nitrogens is 4. The molecule has 1 saturated carbocycles. The summed E-state index contributed by atoms with van der Waals surface area (Å²) in [5, 5.41) is 4.49. The van der Waals surface area contributed by atoms with E-state index in [1.165, 1.54) is 50.5 Å². The molecule has 0 radical (unpaired) electrons. The van der Waals surface area contributed by atoms with E-state index in [2.05, 4.69) is 50.0 Å². The van der Waals surface area contributed by atoms with Crippen molar-refractivity contribution in [3.8, 4) is 0 Å². The van der Waals surface area contributed by atoms with E-state index in [0.29, 0.717) is 12.0 Å². The normalized spacial score (nSPS) is 18.1. The Balaban J connectivity index is 1.38. The van der Waals surface area contributed by atoms with Crippen LogP contribution in [0.4, 0.5) is 17.5 Å². The van der Waals surface area contributed by atoms with E-state index in [-0.39, 0.29) is 0 Å². The van der Waals surface area contributed by atoms with E-state index in [4.69, 9.17) is 4.98 Å². The molecule has 0 bridgehead atoms. The van der Waals surface area contributed by atoms with Crippen molar-refractivity contribution in [2.24, 2.45) is 0 Å². The van der Waals surface area contributed by atoms with Crippen LogP contribution >= 0.6 is 0 Å². The first-order chi connectivity index (χ1) is 13.8.